The maximum absolute atomic E-state index is 11.1. The highest BCUT2D eigenvalue weighted by atomic mass is 16.5. The minimum absolute atomic E-state index is 0.241. The quantitative estimate of drug-likeness (QED) is 0.746. The molecule has 1 unspecified atom stereocenters. The second-order valence-corrected chi connectivity index (χ2v) is 3.62. The zero-order valence-electron chi connectivity index (χ0n) is 8.66. The molecule has 1 fully saturated rings. The van der Waals surface area contributed by atoms with Gasteiger partial charge in [-0.05, 0) is 19.4 Å². The van der Waals surface area contributed by atoms with E-state index in [4.69, 9.17) is 4.42 Å². The lowest BCUT2D eigenvalue weighted by molar-refractivity contribution is 0.0594. The monoisotopic (exact) mass is 210 g/mol. The van der Waals surface area contributed by atoms with Crippen molar-refractivity contribution in [2.45, 2.75) is 25.3 Å². The van der Waals surface area contributed by atoms with Crippen molar-refractivity contribution in [3.8, 4) is 0 Å². The van der Waals surface area contributed by atoms with Crippen molar-refractivity contribution >= 4 is 5.97 Å². The first-order valence-corrected chi connectivity index (χ1v) is 5.05. The average molecular weight is 210 g/mol. The van der Waals surface area contributed by atoms with Gasteiger partial charge in [0.1, 0.15) is 6.26 Å². The lowest BCUT2D eigenvalue weighted by Crippen LogP contribution is -2.23. The summed E-state index contributed by atoms with van der Waals surface area (Å²) >= 11 is 0. The zero-order chi connectivity index (χ0) is 10.7. The predicted molar refractivity (Wildman–Crippen MR) is 52.6 cm³/mol. The molecule has 0 aliphatic carbocycles. The van der Waals surface area contributed by atoms with Gasteiger partial charge in [-0.1, -0.05) is 0 Å². The second kappa shape index (κ2) is 4.44. The molecule has 2 rings (SSSR count). The lowest BCUT2D eigenvalue weighted by atomic mass is 10.1. The predicted octanol–water partition coefficient (Wildman–Crippen LogP) is 0.756. The van der Waals surface area contributed by atoms with Crippen LogP contribution in [-0.2, 0) is 11.2 Å². The Balaban J connectivity index is 1.97. The van der Waals surface area contributed by atoms with Gasteiger partial charge in [0.15, 0.2) is 11.6 Å². The Labute approximate surface area is 87.8 Å². The molecule has 1 N–H and O–H groups in total. The number of hydrogen-bond acceptors (Lipinski definition) is 5. The van der Waals surface area contributed by atoms with Gasteiger partial charge >= 0.3 is 5.97 Å². The third-order valence-corrected chi connectivity index (χ3v) is 2.53. The molecular formula is C10H14N2O3. The van der Waals surface area contributed by atoms with Crippen LogP contribution in [0.3, 0.4) is 0 Å². The molecule has 82 valence electrons. The first kappa shape index (κ1) is 10.2. The number of aromatic nitrogens is 1. The van der Waals surface area contributed by atoms with Crippen LogP contribution < -0.4 is 5.32 Å². The molecule has 0 bridgehead atoms. The maximum Gasteiger partial charge on any atom is 0.360 e. The molecule has 0 aromatic carbocycles. The molecule has 1 saturated heterocycles. The molecule has 15 heavy (non-hydrogen) atoms. The van der Waals surface area contributed by atoms with E-state index in [-0.39, 0.29) is 5.69 Å². The third-order valence-electron chi connectivity index (χ3n) is 2.53. The number of hydrogen-bond donors (Lipinski definition) is 1. The lowest BCUT2D eigenvalue weighted by Gasteiger charge is -2.05. The van der Waals surface area contributed by atoms with Crippen LogP contribution in [0.25, 0.3) is 0 Å². The maximum atomic E-state index is 11.1. The van der Waals surface area contributed by atoms with Gasteiger partial charge in [0.2, 0.25) is 0 Å². The summed E-state index contributed by atoms with van der Waals surface area (Å²) in [4.78, 5) is 15.2. The van der Waals surface area contributed by atoms with Crippen LogP contribution in [0.4, 0.5) is 0 Å². The summed E-state index contributed by atoms with van der Waals surface area (Å²) < 4.78 is 9.74. The van der Waals surface area contributed by atoms with E-state index >= 15 is 0 Å². The van der Waals surface area contributed by atoms with Crippen molar-refractivity contribution in [1.82, 2.24) is 10.3 Å². The summed E-state index contributed by atoms with van der Waals surface area (Å²) in [6.07, 6.45) is 4.40. The van der Waals surface area contributed by atoms with Crippen LogP contribution in [0.1, 0.15) is 29.2 Å². The molecule has 0 radical (unpaired) electrons. The van der Waals surface area contributed by atoms with Crippen molar-refractivity contribution in [2.24, 2.45) is 0 Å². The zero-order valence-corrected chi connectivity index (χ0v) is 8.66. The number of carbonyl (C=O) groups excluding carboxylic acids is 1. The van der Waals surface area contributed by atoms with Gasteiger partial charge in [-0.3, -0.25) is 0 Å². The Hall–Kier alpha value is -1.36. The van der Waals surface area contributed by atoms with Gasteiger partial charge in [0.25, 0.3) is 0 Å². The van der Waals surface area contributed by atoms with E-state index in [2.05, 4.69) is 15.0 Å². The Morgan fingerprint density at radius 1 is 1.80 bits per heavy atom. The van der Waals surface area contributed by atoms with Crippen molar-refractivity contribution in [2.75, 3.05) is 13.7 Å². The van der Waals surface area contributed by atoms with Crippen molar-refractivity contribution < 1.29 is 13.9 Å². The number of nitrogens with one attached hydrogen (secondary N) is 1. The first-order chi connectivity index (χ1) is 7.29. The van der Waals surface area contributed by atoms with E-state index in [0.29, 0.717) is 11.9 Å². The van der Waals surface area contributed by atoms with Gasteiger partial charge in [-0.2, -0.15) is 0 Å². The van der Waals surface area contributed by atoms with Gasteiger partial charge in [0.05, 0.1) is 7.11 Å². The van der Waals surface area contributed by atoms with Crippen molar-refractivity contribution in [1.29, 1.82) is 0 Å². The summed E-state index contributed by atoms with van der Waals surface area (Å²) in [7, 11) is 1.33. The van der Waals surface area contributed by atoms with Crippen LogP contribution in [-0.4, -0.2) is 30.6 Å². The minimum atomic E-state index is -0.454. The molecule has 0 amide bonds. The van der Waals surface area contributed by atoms with Crippen molar-refractivity contribution in [3.05, 3.63) is 17.8 Å². The molecule has 1 aliphatic heterocycles. The summed E-state index contributed by atoms with van der Waals surface area (Å²) in [5, 5.41) is 3.34. The van der Waals surface area contributed by atoms with Gasteiger partial charge in [-0.25, -0.2) is 9.78 Å². The van der Waals surface area contributed by atoms with Gasteiger partial charge in [-0.15, -0.1) is 0 Å². The van der Waals surface area contributed by atoms with Crippen LogP contribution >= 0.6 is 0 Å². The smallest absolute Gasteiger partial charge is 0.360 e. The fourth-order valence-corrected chi connectivity index (χ4v) is 1.74. The normalized spacial score (nSPS) is 20.5. The molecule has 1 aromatic rings. The first-order valence-electron chi connectivity index (χ1n) is 5.05. The minimum Gasteiger partial charge on any atom is -0.464 e. The fourth-order valence-electron chi connectivity index (χ4n) is 1.74. The molecule has 0 spiro atoms. The van der Waals surface area contributed by atoms with Gasteiger partial charge in [0, 0.05) is 12.5 Å². The van der Waals surface area contributed by atoms with Crippen LogP contribution in [0, 0.1) is 0 Å². The molecule has 2 heterocycles. The number of oxazole rings is 1. The third kappa shape index (κ3) is 2.36. The van der Waals surface area contributed by atoms with Crippen molar-refractivity contribution in [3.63, 3.8) is 0 Å². The second-order valence-electron chi connectivity index (χ2n) is 3.62. The summed E-state index contributed by atoms with van der Waals surface area (Å²) in [6, 6.07) is 0.425. The number of ether oxygens (including phenoxy) is 1. The molecule has 5 heteroatoms. The van der Waals surface area contributed by atoms with Crippen LogP contribution in [0.15, 0.2) is 10.7 Å². The number of nitrogens with zero attached hydrogens (tertiary/aromatic N) is 1. The Morgan fingerprint density at radius 3 is 3.33 bits per heavy atom. The average Bonchev–Trinajstić information content (AvgIpc) is 2.88. The van der Waals surface area contributed by atoms with E-state index in [9.17, 15) is 4.79 Å². The Kier molecular flexibility index (Phi) is 3.01. The van der Waals surface area contributed by atoms with Crippen LogP contribution in [0.5, 0.6) is 0 Å². The summed E-state index contributed by atoms with van der Waals surface area (Å²) in [6.45, 7) is 1.05. The largest absolute Gasteiger partial charge is 0.464 e. The molecule has 1 aromatic heterocycles. The molecule has 5 nitrogen and oxygen atoms in total. The van der Waals surface area contributed by atoms with E-state index in [1.54, 1.807) is 0 Å². The standard InChI is InChI=1S/C10H14N2O3/c1-14-10(13)8-6-15-9(12-8)5-7-3-2-4-11-7/h6-7,11H,2-5H2,1H3. The number of esters is 1. The SMILES string of the molecule is COC(=O)c1coc(CC2CCCN2)n1. The fraction of sp³-hybridized carbons (Fsp3) is 0.600. The number of carbonyl (C=O) groups is 1. The highest BCUT2D eigenvalue weighted by molar-refractivity contribution is 5.86. The Bertz CT molecular complexity index is 342. The summed E-state index contributed by atoms with van der Waals surface area (Å²) in [5.74, 6) is 0.138. The molecule has 1 aliphatic rings. The highest BCUT2D eigenvalue weighted by Gasteiger charge is 2.18. The van der Waals surface area contributed by atoms with E-state index in [1.807, 2.05) is 0 Å². The Morgan fingerprint density at radius 2 is 2.67 bits per heavy atom. The van der Waals surface area contributed by atoms with E-state index in [1.165, 1.54) is 19.8 Å². The molecule has 1 atom stereocenters. The summed E-state index contributed by atoms with van der Waals surface area (Å²) in [5.41, 5.74) is 0.241. The topological polar surface area (TPSA) is 64.4 Å². The van der Waals surface area contributed by atoms with E-state index < -0.39 is 5.97 Å². The van der Waals surface area contributed by atoms with Gasteiger partial charge < -0.3 is 14.5 Å². The molecule has 0 saturated carbocycles. The van der Waals surface area contributed by atoms with Crippen LogP contribution in [0.2, 0.25) is 0 Å². The highest BCUT2D eigenvalue weighted by Crippen LogP contribution is 2.12. The molecular weight excluding hydrogens is 196 g/mol. The number of rotatable bonds is 3. The number of methoxy groups -OCH3 is 1. The van der Waals surface area contributed by atoms with E-state index in [0.717, 1.165) is 19.4 Å².